The Morgan fingerprint density at radius 1 is 0.600 bits per heavy atom. The predicted molar refractivity (Wildman–Crippen MR) is 72.0 cm³/mol. The second-order valence-corrected chi connectivity index (χ2v) is 4.26. The monoisotopic (exact) mass is 216 g/mol. The van der Waals surface area contributed by atoms with Crippen LogP contribution >= 0.6 is 8.58 Å². The van der Waals surface area contributed by atoms with Crippen molar-refractivity contribution in [3.63, 3.8) is 0 Å². The average Bonchev–Trinajstić information content (AvgIpc) is 2.21. The van der Waals surface area contributed by atoms with Gasteiger partial charge in [-0.25, -0.2) is 0 Å². The fourth-order valence-electron chi connectivity index (χ4n) is 1.21. The summed E-state index contributed by atoms with van der Waals surface area (Å²) in [7, 11) is 0.777. The van der Waals surface area contributed by atoms with Gasteiger partial charge in [0.15, 0.2) is 0 Å². The van der Waals surface area contributed by atoms with E-state index in [1.54, 1.807) is 0 Å². The second-order valence-electron chi connectivity index (χ2n) is 2.86. The zero-order chi connectivity index (χ0) is 8.93. The molecule has 0 spiro atoms. The van der Waals surface area contributed by atoms with Gasteiger partial charge >= 0.3 is 0 Å². The molecule has 3 heteroatoms. The summed E-state index contributed by atoms with van der Waals surface area (Å²) >= 11 is 0. The van der Waals surface area contributed by atoms with Crippen molar-refractivity contribution in [3.8, 4) is 0 Å². The molecule has 0 aromatic heterocycles. The van der Waals surface area contributed by atoms with Crippen molar-refractivity contribution >= 4 is 67.6 Å². The first-order valence-electron chi connectivity index (χ1n) is 4.32. The van der Waals surface area contributed by atoms with E-state index in [0.29, 0.717) is 0 Å². The van der Waals surface area contributed by atoms with Crippen molar-refractivity contribution in [1.29, 1.82) is 0 Å². The van der Waals surface area contributed by atoms with E-state index >= 15 is 0 Å². The van der Waals surface area contributed by atoms with Gasteiger partial charge in [-0.1, -0.05) is 69.2 Å². The Hall–Kier alpha value is 0.467. The van der Waals surface area contributed by atoms with E-state index in [2.05, 4.69) is 60.7 Å². The summed E-state index contributed by atoms with van der Waals surface area (Å²) in [6.45, 7) is 0. The van der Waals surface area contributed by atoms with Gasteiger partial charge < -0.3 is 0 Å². The molecule has 0 unspecified atom stereocenters. The number of hydrogen-bond acceptors (Lipinski definition) is 0. The zero-order valence-electron chi connectivity index (χ0n) is 9.27. The third-order valence-electron chi connectivity index (χ3n) is 1.84. The van der Waals surface area contributed by atoms with Crippen LogP contribution in [0.4, 0.5) is 0 Å². The van der Waals surface area contributed by atoms with Crippen molar-refractivity contribution in [2.45, 2.75) is 0 Å². The molecule has 0 nitrogen and oxygen atoms in total. The molecule has 0 bridgehead atoms. The van der Waals surface area contributed by atoms with Crippen LogP contribution in [0.25, 0.3) is 0 Å². The molecule has 0 heterocycles. The van der Waals surface area contributed by atoms with Crippen molar-refractivity contribution in [1.82, 2.24) is 0 Å². The van der Waals surface area contributed by atoms with Crippen LogP contribution in [-0.4, -0.2) is 48.4 Å². The summed E-state index contributed by atoms with van der Waals surface area (Å²) in [6, 6.07) is 21.2. The fourth-order valence-corrected chi connectivity index (χ4v) is 2.26. The van der Waals surface area contributed by atoms with Gasteiger partial charge in [0.1, 0.15) is 0 Å². The zero-order valence-corrected chi connectivity index (χ0v) is 12.3. The van der Waals surface area contributed by atoms with Gasteiger partial charge in [0.2, 0.25) is 0 Å². The maximum Gasteiger partial charge on any atom is 0 e. The predicted octanol–water partition coefficient (Wildman–Crippen LogP) is 1.55. The fraction of sp³-hybridized carbons (Fsp3) is 0. The first kappa shape index (κ1) is 15.5. The van der Waals surface area contributed by atoms with E-state index in [1.807, 2.05) is 0 Å². The van der Waals surface area contributed by atoms with Crippen molar-refractivity contribution in [2.24, 2.45) is 0 Å². The van der Waals surface area contributed by atoms with Crippen molar-refractivity contribution in [2.75, 3.05) is 0 Å². The van der Waals surface area contributed by atoms with Crippen molar-refractivity contribution in [3.05, 3.63) is 60.7 Å². The van der Waals surface area contributed by atoms with Crippen LogP contribution in [0.2, 0.25) is 0 Å². The van der Waals surface area contributed by atoms with Gasteiger partial charge in [-0.05, 0) is 10.6 Å². The van der Waals surface area contributed by atoms with Crippen LogP contribution in [0, 0.1) is 0 Å². The number of benzene rings is 2. The van der Waals surface area contributed by atoms with Crippen LogP contribution in [0.5, 0.6) is 0 Å². The van der Waals surface area contributed by atoms with Crippen LogP contribution in [0.1, 0.15) is 0 Å². The maximum absolute atomic E-state index is 2.17. The van der Waals surface area contributed by atoms with Gasteiger partial charge in [-0.15, -0.1) is 0 Å². The average molecular weight is 216 g/mol. The minimum absolute atomic E-state index is 0. The van der Waals surface area contributed by atoms with E-state index < -0.39 is 0 Å². The Bertz CT molecular complexity index is 326. The summed E-state index contributed by atoms with van der Waals surface area (Å²) in [5.74, 6) is 0. The largest absolute Gasteiger partial charge is 0.0622 e. The minimum atomic E-state index is 0. The Balaban J connectivity index is 0.000000980. The molecule has 0 saturated carbocycles. The number of rotatable bonds is 2. The molecular formula is C12H11LiNaP. The third-order valence-corrected chi connectivity index (χ3v) is 3.08. The Labute approximate surface area is 127 Å². The molecule has 0 saturated heterocycles. The van der Waals surface area contributed by atoms with Crippen LogP contribution in [-0.2, 0) is 0 Å². The maximum atomic E-state index is 2.17. The molecule has 2 rings (SSSR count). The Kier molecular flexibility index (Phi) is 8.87. The Morgan fingerprint density at radius 3 is 1.27 bits per heavy atom. The normalized spacial score (nSPS) is 8.53. The Morgan fingerprint density at radius 2 is 0.933 bits per heavy atom. The van der Waals surface area contributed by atoms with E-state index in [0.717, 1.165) is 8.58 Å². The molecular weight excluding hydrogens is 205 g/mol. The van der Waals surface area contributed by atoms with Crippen LogP contribution in [0.3, 0.4) is 0 Å². The van der Waals surface area contributed by atoms with Gasteiger partial charge in [-0.3, -0.25) is 0 Å². The molecule has 0 atom stereocenters. The minimum Gasteiger partial charge on any atom is -0.0622 e. The molecule has 0 aliphatic rings. The molecule has 2 radical (unpaired) electrons. The third kappa shape index (κ3) is 5.37. The number of hydrogen-bond donors (Lipinski definition) is 0. The molecule has 0 N–H and O–H groups in total. The van der Waals surface area contributed by atoms with E-state index in [-0.39, 0.29) is 48.4 Å². The summed E-state index contributed by atoms with van der Waals surface area (Å²) in [5, 5.41) is 2.79. The molecule has 0 aliphatic carbocycles. The summed E-state index contributed by atoms with van der Waals surface area (Å²) < 4.78 is 0. The molecule has 0 aliphatic heterocycles. The molecule has 2 aromatic carbocycles. The van der Waals surface area contributed by atoms with Gasteiger partial charge in [0, 0.05) is 48.4 Å². The first-order chi connectivity index (χ1) is 6.45. The SMILES string of the molecule is [Li].[Na].c1ccc(Pc2ccccc2)cc1. The topological polar surface area (TPSA) is 0 Å². The smallest absolute Gasteiger partial charge is 0 e. The molecule has 0 amide bonds. The van der Waals surface area contributed by atoms with Crippen LogP contribution < -0.4 is 10.6 Å². The summed E-state index contributed by atoms with van der Waals surface area (Å²) in [4.78, 5) is 0. The second kappa shape index (κ2) is 8.60. The molecule has 15 heavy (non-hydrogen) atoms. The quantitative estimate of drug-likeness (QED) is 0.527. The molecule has 66 valence electrons. The van der Waals surface area contributed by atoms with Crippen LogP contribution in [0.15, 0.2) is 60.7 Å². The van der Waals surface area contributed by atoms with Gasteiger partial charge in [0.05, 0.1) is 0 Å². The first-order valence-corrected chi connectivity index (χ1v) is 5.32. The van der Waals surface area contributed by atoms with Gasteiger partial charge in [-0.2, -0.15) is 0 Å². The molecule has 0 fully saturated rings. The van der Waals surface area contributed by atoms with Crippen molar-refractivity contribution < 1.29 is 0 Å². The molecule has 2 aromatic rings. The summed E-state index contributed by atoms with van der Waals surface area (Å²) in [6.07, 6.45) is 0. The van der Waals surface area contributed by atoms with Gasteiger partial charge in [0.25, 0.3) is 0 Å². The standard InChI is InChI=1S/C12H11P.Li.Na/c1-3-7-11(8-4-1)13-12-9-5-2-6-10-12;;/h1-10,13H;;. The van der Waals surface area contributed by atoms with E-state index in [9.17, 15) is 0 Å². The summed E-state index contributed by atoms with van der Waals surface area (Å²) in [5.41, 5.74) is 0. The van der Waals surface area contributed by atoms with E-state index in [4.69, 9.17) is 0 Å². The van der Waals surface area contributed by atoms with E-state index in [1.165, 1.54) is 10.6 Å².